The molecule has 0 amide bonds. The van der Waals surface area contributed by atoms with Gasteiger partial charge in [0.15, 0.2) is 5.78 Å². The summed E-state index contributed by atoms with van der Waals surface area (Å²) < 4.78 is 5.64. The topological polar surface area (TPSA) is 29.5 Å². The van der Waals surface area contributed by atoms with Crippen molar-refractivity contribution in [3.63, 3.8) is 0 Å². The summed E-state index contributed by atoms with van der Waals surface area (Å²) in [4.78, 5) is 14.8. The molecule has 118 valence electrons. The van der Waals surface area contributed by atoms with E-state index in [1.165, 1.54) is 0 Å². The number of rotatable bonds is 7. The van der Waals surface area contributed by atoms with E-state index in [2.05, 4.69) is 45.6 Å². The van der Waals surface area contributed by atoms with Gasteiger partial charge in [0.25, 0.3) is 0 Å². The van der Waals surface area contributed by atoms with Crippen LogP contribution in [0.1, 0.15) is 57.5 Å². The Labute approximate surface area is 129 Å². The van der Waals surface area contributed by atoms with Gasteiger partial charge in [-0.2, -0.15) is 0 Å². The molecule has 21 heavy (non-hydrogen) atoms. The molecule has 0 radical (unpaired) electrons. The van der Waals surface area contributed by atoms with E-state index in [-0.39, 0.29) is 11.2 Å². The summed E-state index contributed by atoms with van der Waals surface area (Å²) >= 11 is 0. The van der Waals surface area contributed by atoms with Crippen LogP contribution in [0.15, 0.2) is 18.2 Å². The summed E-state index contributed by atoms with van der Waals surface area (Å²) in [5, 5.41) is 0. The summed E-state index contributed by atoms with van der Waals surface area (Å²) in [6, 6.07) is 5.98. The molecule has 3 heteroatoms. The monoisotopic (exact) mass is 291 g/mol. The van der Waals surface area contributed by atoms with Gasteiger partial charge in [0.2, 0.25) is 0 Å². The summed E-state index contributed by atoms with van der Waals surface area (Å²) in [6.07, 6.45) is 0. The molecule has 0 bridgehead atoms. The minimum atomic E-state index is 0.0228. The van der Waals surface area contributed by atoms with Crippen molar-refractivity contribution in [2.24, 2.45) is 0 Å². The third kappa shape index (κ3) is 4.85. The molecule has 0 aliphatic heterocycles. The van der Waals surface area contributed by atoms with Crippen molar-refractivity contribution in [2.45, 2.75) is 47.0 Å². The van der Waals surface area contributed by atoms with E-state index in [9.17, 15) is 4.79 Å². The van der Waals surface area contributed by atoms with E-state index >= 15 is 0 Å². The van der Waals surface area contributed by atoms with Gasteiger partial charge in [-0.1, -0.05) is 40.7 Å². The smallest absolute Gasteiger partial charge is 0.180 e. The highest BCUT2D eigenvalue weighted by molar-refractivity contribution is 6.00. The molecule has 0 aliphatic rings. The number of nitrogens with zero attached hydrogens (tertiary/aromatic N) is 1. The van der Waals surface area contributed by atoms with E-state index in [1.54, 1.807) is 0 Å². The number of carbonyl (C=O) groups excluding carboxylic acids is 1. The lowest BCUT2D eigenvalue weighted by Gasteiger charge is -2.22. The highest BCUT2D eigenvalue weighted by atomic mass is 16.5. The molecule has 1 aromatic carbocycles. The average molecular weight is 291 g/mol. The third-order valence-electron chi connectivity index (χ3n) is 3.71. The minimum Gasteiger partial charge on any atom is -0.493 e. The maximum absolute atomic E-state index is 12.6. The summed E-state index contributed by atoms with van der Waals surface area (Å²) in [5.74, 6) is 0.830. The molecule has 3 nitrogen and oxygen atoms in total. The van der Waals surface area contributed by atoms with Gasteiger partial charge < -0.3 is 4.74 Å². The van der Waals surface area contributed by atoms with Crippen LogP contribution in [0.25, 0.3) is 0 Å². The van der Waals surface area contributed by atoms with Crippen LogP contribution >= 0.6 is 0 Å². The number of likely N-dealkylation sites (N-methyl/N-ethyl adjacent to an activating group) is 1. The Hall–Kier alpha value is -1.35. The molecular formula is C18H29NO2. The van der Waals surface area contributed by atoms with Crippen molar-refractivity contribution in [2.75, 3.05) is 26.2 Å². The quantitative estimate of drug-likeness (QED) is 0.713. The predicted molar refractivity (Wildman–Crippen MR) is 88.4 cm³/mol. The SMILES string of the molecule is CCOc1ccc(C(C)(C)C)cc1C(=O)CN(CC)CC. The van der Waals surface area contributed by atoms with Gasteiger partial charge in [0, 0.05) is 0 Å². The van der Waals surface area contributed by atoms with Crippen LogP contribution < -0.4 is 4.74 Å². The van der Waals surface area contributed by atoms with Crippen molar-refractivity contribution < 1.29 is 9.53 Å². The Morgan fingerprint density at radius 2 is 1.76 bits per heavy atom. The Morgan fingerprint density at radius 3 is 2.24 bits per heavy atom. The maximum atomic E-state index is 12.6. The fourth-order valence-corrected chi connectivity index (χ4v) is 2.23. The Bertz CT molecular complexity index is 471. The Balaban J connectivity index is 3.13. The molecule has 0 unspecified atom stereocenters. The van der Waals surface area contributed by atoms with Crippen molar-refractivity contribution in [1.29, 1.82) is 0 Å². The molecule has 0 aliphatic carbocycles. The first-order valence-electron chi connectivity index (χ1n) is 7.86. The lowest BCUT2D eigenvalue weighted by atomic mass is 9.85. The fourth-order valence-electron chi connectivity index (χ4n) is 2.23. The van der Waals surface area contributed by atoms with Crippen molar-refractivity contribution in [3.8, 4) is 5.75 Å². The highest BCUT2D eigenvalue weighted by Gasteiger charge is 2.20. The molecular weight excluding hydrogens is 262 g/mol. The van der Waals surface area contributed by atoms with Crippen LogP contribution in [0.2, 0.25) is 0 Å². The van der Waals surface area contributed by atoms with E-state index in [0.717, 1.165) is 18.7 Å². The zero-order valence-corrected chi connectivity index (χ0v) is 14.3. The second-order valence-electron chi connectivity index (χ2n) is 6.28. The van der Waals surface area contributed by atoms with Crippen molar-refractivity contribution in [1.82, 2.24) is 4.90 Å². The van der Waals surface area contributed by atoms with E-state index < -0.39 is 0 Å². The van der Waals surface area contributed by atoms with Gasteiger partial charge in [0.05, 0.1) is 18.7 Å². The van der Waals surface area contributed by atoms with Gasteiger partial charge in [-0.05, 0) is 43.1 Å². The Morgan fingerprint density at radius 1 is 1.14 bits per heavy atom. The van der Waals surface area contributed by atoms with E-state index in [0.29, 0.717) is 24.5 Å². The van der Waals surface area contributed by atoms with Gasteiger partial charge in [-0.25, -0.2) is 0 Å². The highest BCUT2D eigenvalue weighted by Crippen LogP contribution is 2.28. The first kappa shape index (κ1) is 17.7. The van der Waals surface area contributed by atoms with Gasteiger partial charge >= 0.3 is 0 Å². The van der Waals surface area contributed by atoms with Crippen LogP contribution in [-0.4, -0.2) is 36.9 Å². The van der Waals surface area contributed by atoms with Gasteiger partial charge in [0.1, 0.15) is 5.75 Å². The van der Waals surface area contributed by atoms with Crippen LogP contribution in [0.4, 0.5) is 0 Å². The van der Waals surface area contributed by atoms with E-state index in [4.69, 9.17) is 4.74 Å². The zero-order chi connectivity index (χ0) is 16.0. The number of ether oxygens (including phenoxy) is 1. The van der Waals surface area contributed by atoms with Crippen LogP contribution in [-0.2, 0) is 5.41 Å². The van der Waals surface area contributed by atoms with Crippen LogP contribution in [0.3, 0.4) is 0 Å². The van der Waals surface area contributed by atoms with Crippen LogP contribution in [0, 0.1) is 0 Å². The Kier molecular flexibility index (Phi) is 6.41. The van der Waals surface area contributed by atoms with Gasteiger partial charge in [-0.15, -0.1) is 0 Å². The number of hydrogen-bond donors (Lipinski definition) is 0. The lowest BCUT2D eigenvalue weighted by Crippen LogP contribution is -2.30. The summed E-state index contributed by atoms with van der Waals surface area (Å²) in [7, 11) is 0. The molecule has 0 aromatic heterocycles. The second-order valence-corrected chi connectivity index (χ2v) is 6.28. The minimum absolute atomic E-state index is 0.0228. The molecule has 0 saturated heterocycles. The first-order chi connectivity index (χ1) is 9.83. The fraction of sp³-hybridized carbons (Fsp3) is 0.611. The van der Waals surface area contributed by atoms with Crippen LogP contribution in [0.5, 0.6) is 5.75 Å². The van der Waals surface area contributed by atoms with Gasteiger partial charge in [-0.3, -0.25) is 9.69 Å². The lowest BCUT2D eigenvalue weighted by molar-refractivity contribution is 0.0933. The zero-order valence-electron chi connectivity index (χ0n) is 14.3. The molecule has 0 spiro atoms. The number of carbonyl (C=O) groups is 1. The molecule has 0 atom stereocenters. The molecule has 0 heterocycles. The van der Waals surface area contributed by atoms with E-state index in [1.807, 2.05) is 19.1 Å². The molecule has 0 N–H and O–H groups in total. The standard InChI is InChI=1S/C18H29NO2/c1-7-19(8-2)13-16(20)15-12-14(18(4,5)6)10-11-17(15)21-9-3/h10-12H,7-9,13H2,1-6H3. The third-order valence-corrected chi connectivity index (χ3v) is 3.71. The van der Waals surface area contributed by atoms with Crippen molar-refractivity contribution >= 4 is 5.78 Å². The average Bonchev–Trinajstić information content (AvgIpc) is 2.44. The first-order valence-corrected chi connectivity index (χ1v) is 7.86. The number of hydrogen-bond acceptors (Lipinski definition) is 3. The molecule has 1 aromatic rings. The second kappa shape index (κ2) is 7.60. The molecule has 1 rings (SSSR count). The van der Waals surface area contributed by atoms with Crippen molar-refractivity contribution in [3.05, 3.63) is 29.3 Å². The molecule has 0 saturated carbocycles. The predicted octanol–water partition coefficient (Wildman–Crippen LogP) is 3.91. The normalized spacial score (nSPS) is 11.8. The summed E-state index contributed by atoms with van der Waals surface area (Å²) in [5.41, 5.74) is 1.89. The maximum Gasteiger partial charge on any atom is 0.180 e. The molecule has 0 fully saturated rings. The number of ketones is 1. The number of Topliss-reactive ketones (excluding diaryl/α,β-unsaturated/α-hetero) is 1. The largest absolute Gasteiger partial charge is 0.493 e. The summed E-state index contributed by atoms with van der Waals surface area (Å²) in [6.45, 7) is 15.3. The number of benzene rings is 1.